The summed E-state index contributed by atoms with van der Waals surface area (Å²) in [6.45, 7) is 3.86. The van der Waals surface area contributed by atoms with Gasteiger partial charge in [-0.25, -0.2) is 0 Å². The fourth-order valence-electron chi connectivity index (χ4n) is 2.19. The van der Waals surface area contributed by atoms with E-state index in [1.165, 1.54) is 32.1 Å². The van der Waals surface area contributed by atoms with Crippen molar-refractivity contribution >= 4 is 0 Å². The topological polar surface area (TPSA) is 29.1 Å². The molecule has 107 valence electrons. The molecule has 2 nitrogen and oxygen atoms in total. The van der Waals surface area contributed by atoms with Crippen molar-refractivity contribution in [2.45, 2.75) is 71.0 Å². The Morgan fingerprint density at radius 3 is 2.16 bits per heavy atom. The van der Waals surface area contributed by atoms with Crippen LogP contribution in [0.5, 0.6) is 5.75 Å². The lowest BCUT2D eigenvalue weighted by Crippen LogP contribution is -2.30. The molecule has 0 bridgehead atoms. The Labute approximate surface area is 117 Å². The molecule has 1 rings (SSSR count). The average Bonchev–Trinajstić information content (AvgIpc) is 2.38. The van der Waals surface area contributed by atoms with E-state index in [1.54, 1.807) is 6.92 Å². The van der Waals surface area contributed by atoms with Gasteiger partial charge in [0.15, 0.2) is 0 Å². The van der Waals surface area contributed by atoms with Crippen LogP contribution in [-0.4, -0.2) is 5.79 Å². The quantitative estimate of drug-likeness (QED) is 0.413. The first kappa shape index (κ1) is 16.0. The molecule has 0 aliphatic heterocycles. The van der Waals surface area contributed by atoms with Crippen LogP contribution in [0.4, 0.5) is 0 Å². The molecular formula is C17H27O2. The predicted molar refractivity (Wildman–Crippen MR) is 78.8 cm³/mol. The third kappa shape index (κ3) is 7.89. The first-order valence-electron chi connectivity index (χ1n) is 7.58. The molecule has 1 aromatic rings. The molecule has 0 aromatic heterocycles. The van der Waals surface area contributed by atoms with Gasteiger partial charge in [-0.2, -0.15) is 5.11 Å². The van der Waals surface area contributed by atoms with Gasteiger partial charge in [0.2, 0.25) is 5.79 Å². The molecule has 0 saturated heterocycles. The number of unbranched alkanes of at least 4 members (excludes halogenated alkanes) is 6. The van der Waals surface area contributed by atoms with Crippen molar-refractivity contribution in [3.63, 3.8) is 0 Å². The highest BCUT2D eigenvalue weighted by atomic mass is 16.6. The zero-order valence-corrected chi connectivity index (χ0v) is 12.4. The zero-order chi connectivity index (χ0) is 14.0. The molecule has 0 aliphatic carbocycles. The number of hydrogen-bond acceptors (Lipinski definition) is 1. The average molecular weight is 263 g/mol. The summed E-state index contributed by atoms with van der Waals surface area (Å²) in [6, 6.07) is 9.37. The fourth-order valence-corrected chi connectivity index (χ4v) is 2.19. The third-order valence-electron chi connectivity index (χ3n) is 3.31. The smallest absolute Gasteiger partial charge is 0.238 e. The molecule has 0 N–H and O–H groups in total. The minimum Gasteiger partial charge on any atom is -0.460 e. The summed E-state index contributed by atoms with van der Waals surface area (Å²) >= 11 is 0. The van der Waals surface area contributed by atoms with Crippen LogP contribution >= 0.6 is 0 Å². The van der Waals surface area contributed by atoms with E-state index in [1.807, 2.05) is 30.3 Å². The van der Waals surface area contributed by atoms with Gasteiger partial charge in [-0.1, -0.05) is 63.6 Å². The summed E-state index contributed by atoms with van der Waals surface area (Å²) in [5.74, 6) is -0.631. The number of benzene rings is 1. The molecule has 0 amide bonds. The van der Waals surface area contributed by atoms with Gasteiger partial charge < -0.3 is 4.74 Å². The summed E-state index contributed by atoms with van der Waals surface area (Å²) in [5.41, 5.74) is 0. The molecular weight excluding hydrogens is 236 g/mol. The Hall–Kier alpha value is -1.02. The highest BCUT2D eigenvalue weighted by Crippen LogP contribution is 2.22. The second-order valence-electron chi connectivity index (χ2n) is 5.42. The van der Waals surface area contributed by atoms with Crippen LogP contribution in [0.25, 0.3) is 0 Å². The van der Waals surface area contributed by atoms with Gasteiger partial charge >= 0.3 is 0 Å². The van der Waals surface area contributed by atoms with Crippen molar-refractivity contribution in [3.05, 3.63) is 30.3 Å². The largest absolute Gasteiger partial charge is 0.460 e. The predicted octanol–water partition coefficient (Wildman–Crippen LogP) is 5.35. The standard InChI is InChI=1S/C17H27O2/c1-3-4-5-6-7-8-12-15-17(2,18)19-16-13-10-9-11-14-16/h9-11,13-14H,3-8,12,15H2,1-2H3. The summed E-state index contributed by atoms with van der Waals surface area (Å²) in [7, 11) is 0. The zero-order valence-electron chi connectivity index (χ0n) is 12.4. The van der Waals surface area contributed by atoms with Crippen LogP contribution < -0.4 is 4.74 Å². The summed E-state index contributed by atoms with van der Waals surface area (Å²) < 4.78 is 5.49. The summed E-state index contributed by atoms with van der Waals surface area (Å²) in [4.78, 5) is 0. The van der Waals surface area contributed by atoms with Crippen molar-refractivity contribution < 1.29 is 9.84 Å². The maximum absolute atomic E-state index is 12.2. The molecule has 0 spiro atoms. The first-order valence-corrected chi connectivity index (χ1v) is 7.58. The van der Waals surface area contributed by atoms with Gasteiger partial charge in [0.05, 0.1) is 0 Å². The van der Waals surface area contributed by atoms with Crippen LogP contribution in [0.2, 0.25) is 0 Å². The Kier molecular flexibility index (Phi) is 7.57. The molecule has 0 saturated carbocycles. The van der Waals surface area contributed by atoms with Crippen molar-refractivity contribution in [1.29, 1.82) is 0 Å². The van der Waals surface area contributed by atoms with Crippen LogP contribution in [0.1, 0.15) is 65.2 Å². The van der Waals surface area contributed by atoms with Crippen LogP contribution in [-0.2, 0) is 5.11 Å². The van der Waals surface area contributed by atoms with Gasteiger partial charge in [-0.15, -0.1) is 0 Å². The van der Waals surface area contributed by atoms with Crippen LogP contribution in [0.3, 0.4) is 0 Å². The fraction of sp³-hybridized carbons (Fsp3) is 0.647. The lowest BCUT2D eigenvalue weighted by atomic mass is 10.1. The number of rotatable bonds is 10. The molecule has 0 fully saturated rings. The first-order chi connectivity index (χ1) is 9.14. The van der Waals surface area contributed by atoms with E-state index in [4.69, 9.17) is 4.74 Å². The molecule has 1 atom stereocenters. The van der Waals surface area contributed by atoms with Gasteiger partial charge in [0.1, 0.15) is 5.75 Å². The monoisotopic (exact) mass is 263 g/mol. The van der Waals surface area contributed by atoms with E-state index in [2.05, 4.69) is 6.92 Å². The minimum absolute atomic E-state index is 0.579. The van der Waals surface area contributed by atoms with Crippen molar-refractivity contribution in [2.75, 3.05) is 0 Å². The lowest BCUT2D eigenvalue weighted by molar-refractivity contribution is -0.174. The maximum Gasteiger partial charge on any atom is 0.238 e. The minimum atomic E-state index is -1.30. The van der Waals surface area contributed by atoms with Gasteiger partial charge in [-0.05, 0) is 18.6 Å². The van der Waals surface area contributed by atoms with Gasteiger partial charge in [-0.3, -0.25) is 0 Å². The Morgan fingerprint density at radius 1 is 0.947 bits per heavy atom. The SMILES string of the molecule is CCCCCCCCCC(C)([O])Oc1ccccc1. The van der Waals surface area contributed by atoms with Crippen LogP contribution in [0, 0.1) is 0 Å². The van der Waals surface area contributed by atoms with Crippen molar-refractivity contribution in [3.8, 4) is 5.75 Å². The normalized spacial score (nSPS) is 14.1. The highest BCUT2D eigenvalue weighted by molar-refractivity contribution is 5.21. The summed E-state index contributed by atoms with van der Waals surface area (Å²) in [5, 5.41) is 12.2. The molecule has 19 heavy (non-hydrogen) atoms. The molecule has 1 radical (unpaired) electrons. The third-order valence-corrected chi connectivity index (χ3v) is 3.31. The van der Waals surface area contributed by atoms with Crippen molar-refractivity contribution in [2.24, 2.45) is 0 Å². The van der Waals surface area contributed by atoms with E-state index in [0.29, 0.717) is 12.2 Å². The number of ether oxygens (including phenoxy) is 1. The molecule has 1 unspecified atom stereocenters. The maximum atomic E-state index is 12.2. The molecule has 0 aliphatic rings. The summed E-state index contributed by atoms with van der Waals surface area (Å²) in [6.07, 6.45) is 9.14. The van der Waals surface area contributed by atoms with E-state index >= 15 is 0 Å². The molecule has 2 heteroatoms. The number of hydrogen-bond donors (Lipinski definition) is 0. The molecule has 0 heterocycles. The lowest BCUT2D eigenvalue weighted by Gasteiger charge is -2.22. The van der Waals surface area contributed by atoms with Crippen molar-refractivity contribution in [1.82, 2.24) is 0 Å². The van der Waals surface area contributed by atoms with E-state index in [0.717, 1.165) is 12.8 Å². The second-order valence-corrected chi connectivity index (χ2v) is 5.42. The van der Waals surface area contributed by atoms with Crippen LogP contribution in [0.15, 0.2) is 30.3 Å². The highest BCUT2D eigenvalue weighted by Gasteiger charge is 2.23. The second kappa shape index (κ2) is 8.98. The Bertz CT molecular complexity index is 319. The number of para-hydroxylation sites is 1. The van der Waals surface area contributed by atoms with Gasteiger partial charge in [0, 0.05) is 13.3 Å². The molecule has 1 aromatic carbocycles. The Morgan fingerprint density at radius 2 is 1.53 bits per heavy atom. The van der Waals surface area contributed by atoms with Gasteiger partial charge in [0.25, 0.3) is 0 Å². The Balaban J connectivity index is 2.13. The van der Waals surface area contributed by atoms with E-state index in [-0.39, 0.29) is 0 Å². The van der Waals surface area contributed by atoms with E-state index in [9.17, 15) is 5.11 Å². The van der Waals surface area contributed by atoms with E-state index < -0.39 is 5.79 Å².